The first-order chi connectivity index (χ1) is 8.59. The maximum atomic E-state index is 12.6. The van der Waals surface area contributed by atoms with Crippen molar-refractivity contribution in [3.05, 3.63) is 41.7 Å². The number of halogens is 3. The summed E-state index contributed by atoms with van der Waals surface area (Å²) >= 11 is 5.98. The molecule has 5 nitrogen and oxygen atoms in total. The Kier molecular flexibility index (Phi) is 7.77. The van der Waals surface area contributed by atoms with Gasteiger partial charge in [0, 0.05) is 6.08 Å². The second-order valence-electron chi connectivity index (χ2n) is 3.51. The van der Waals surface area contributed by atoms with Crippen LogP contribution in [0.1, 0.15) is 5.56 Å². The van der Waals surface area contributed by atoms with Crippen LogP contribution < -0.4 is 18.6 Å². The molecular weight excluding hydrogens is 300 g/mol. The van der Waals surface area contributed by atoms with E-state index in [-0.39, 0.29) is 5.82 Å². The van der Waals surface area contributed by atoms with Crippen molar-refractivity contribution in [2.45, 2.75) is 0 Å². The zero-order chi connectivity index (χ0) is 15.1. The lowest BCUT2D eigenvalue weighted by atomic mass is 10.2. The summed E-state index contributed by atoms with van der Waals surface area (Å²) in [7, 11) is -1.13. The smallest absolute Gasteiger partial charge is 0.164 e. The quantitative estimate of drug-likeness (QED) is 0.466. The van der Waals surface area contributed by atoms with Crippen LogP contribution in [0.3, 0.4) is 0 Å². The van der Waals surface area contributed by atoms with Crippen LogP contribution in [0.4, 0.5) is 4.39 Å². The number of hydrogen-bond acceptors (Lipinski definition) is 4. The molecule has 1 aromatic rings. The van der Waals surface area contributed by atoms with E-state index in [9.17, 15) is 4.39 Å². The predicted molar refractivity (Wildman–Crippen MR) is 58.4 cm³/mol. The van der Waals surface area contributed by atoms with Gasteiger partial charge in [0.2, 0.25) is 0 Å². The van der Waals surface area contributed by atoms with E-state index in [4.69, 9.17) is 30.2 Å². The Morgan fingerprint density at radius 3 is 1.95 bits per heavy atom. The molecule has 0 saturated carbocycles. The van der Waals surface area contributed by atoms with Crippen LogP contribution >= 0.6 is 11.6 Å². The average Bonchev–Trinajstić information content (AvgIpc) is 2.24. The minimum absolute atomic E-state index is 0.255. The van der Waals surface area contributed by atoms with Gasteiger partial charge in [-0.1, -0.05) is 23.7 Å². The maximum absolute atomic E-state index is 12.6. The van der Waals surface area contributed by atoms with Gasteiger partial charge in [-0.25, -0.2) is 27.6 Å². The fraction of sp³-hybridized carbons (Fsp3) is 0.182. The summed E-state index contributed by atoms with van der Waals surface area (Å²) in [6, 6.07) is 6.08. The zero-order valence-electron chi connectivity index (χ0n) is 10.2. The summed E-state index contributed by atoms with van der Waals surface area (Å²) in [6.07, 6.45) is 3.61. The Morgan fingerprint density at radius 1 is 1.16 bits per heavy atom. The lowest BCUT2D eigenvalue weighted by molar-refractivity contribution is -2.00. The first-order valence-corrected chi connectivity index (χ1v) is 6.45. The molecule has 0 atom stereocenters. The molecule has 106 valence electrons. The number of hydrogen-bond donors (Lipinski definition) is 0. The van der Waals surface area contributed by atoms with Gasteiger partial charge in [-0.3, -0.25) is 0 Å². The monoisotopic (exact) mass is 311 g/mol. The van der Waals surface area contributed by atoms with Gasteiger partial charge in [0.1, 0.15) is 19.9 Å². The van der Waals surface area contributed by atoms with Crippen LogP contribution in [0.2, 0.25) is 0 Å². The molecule has 0 spiro atoms. The molecule has 0 N–H and O–H groups in total. The van der Waals surface area contributed by atoms with Gasteiger partial charge in [0.05, 0.1) is 5.03 Å². The van der Waals surface area contributed by atoms with Crippen molar-refractivity contribution in [1.29, 1.82) is 0 Å². The second kappa shape index (κ2) is 8.21. The van der Waals surface area contributed by atoms with Gasteiger partial charge in [-0.15, -0.1) is 10.2 Å². The highest BCUT2D eigenvalue weighted by Gasteiger charge is 1.97. The van der Waals surface area contributed by atoms with Gasteiger partial charge >= 0.3 is 0 Å². The van der Waals surface area contributed by atoms with Gasteiger partial charge < -0.3 is 0 Å². The highest BCUT2D eigenvalue weighted by atomic mass is 35.7. The summed E-state index contributed by atoms with van der Waals surface area (Å²) in [5.41, 5.74) is 0.811. The average molecular weight is 312 g/mol. The summed E-state index contributed by atoms with van der Waals surface area (Å²) in [5, 5.41) is 0.596. The van der Waals surface area contributed by atoms with Crippen molar-refractivity contribution in [3.63, 3.8) is 0 Å². The van der Waals surface area contributed by atoms with E-state index < -0.39 is 10.2 Å². The van der Waals surface area contributed by atoms with Crippen molar-refractivity contribution in [2.75, 3.05) is 14.1 Å². The van der Waals surface area contributed by atoms with Gasteiger partial charge in [0.25, 0.3) is 0 Å². The summed E-state index contributed by atoms with van der Waals surface area (Å²) < 4.78 is 48.4. The third-order valence-corrected chi connectivity index (χ3v) is 1.98. The molecule has 0 radical (unpaired) electrons. The van der Waals surface area contributed by atoms with Crippen LogP contribution in [0, 0.1) is 16.1 Å². The Labute approximate surface area is 117 Å². The van der Waals surface area contributed by atoms with E-state index in [0.717, 1.165) is 5.56 Å². The first-order valence-electron chi connectivity index (χ1n) is 4.84. The van der Waals surface area contributed by atoms with Gasteiger partial charge in [0.15, 0.2) is 6.21 Å². The number of nitrogens with zero attached hydrogens (tertiary/aromatic N) is 1. The highest BCUT2D eigenvalue weighted by molar-refractivity contribution is 6.49. The topological polar surface area (TPSA) is 95.2 Å². The molecule has 0 bridgehead atoms. The van der Waals surface area contributed by atoms with Crippen LogP contribution in [0.15, 0.2) is 30.3 Å². The van der Waals surface area contributed by atoms with Crippen molar-refractivity contribution in [1.82, 2.24) is 0 Å². The molecular formula is C11H12Cl2FNO4. The maximum Gasteiger partial charge on any atom is 0.164 e. The Bertz CT molecular complexity index is 445. The van der Waals surface area contributed by atoms with Crippen molar-refractivity contribution in [2.24, 2.45) is 0 Å². The van der Waals surface area contributed by atoms with E-state index >= 15 is 0 Å². The van der Waals surface area contributed by atoms with Crippen LogP contribution in [-0.4, -0.2) is 24.9 Å². The summed E-state index contributed by atoms with van der Waals surface area (Å²) in [5.74, 6) is -0.255. The largest absolute Gasteiger partial charge is 0.241 e. The number of allylic oxidation sites excluding steroid dienone is 1. The summed E-state index contributed by atoms with van der Waals surface area (Å²) in [6.45, 7) is 0. The molecule has 1 aromatic carbocycles. The number of benzene rings is 1. The van der Waals surface area contributed by atoms with E-state index in [2.05, 4.69) is 0 Å². The minimum Gasteiger partial charge on any atom is -0.241 e. The molecule has 0 unspecified atom stereocenters. The van der Waals surface area contributed by atoms with E-state index in [0.29, 0.717) is 5.03 Å². The number of rotatable bonds is 2. The predicted octanol–water partition coefficient (Wildman–Crippen LogP) is -2.01. The molecule has 0 amide bonds. The molecule has 0 aromatic heterocycles. The normalized spacial score (nSPS) is 11.5. The molecule has 0 aliphatic carbocycles. The molecule has 1 rings (SSSR count). The van der Waals surface area contributed by atoms with Crippen LogP contribution in [0.25, 0.3) is 5.03 Å². The lowest BCUT2D eigenvalue weighted by Gasteiger charge is -2.17. The molecule has 8 heteroatoms. The lowest BCUT2D eigenvalue weighted by Crippen LogP contribution is -2.68. The summed E-state index contributed by atoms with van der Waals surface area (Å²) in [4.78, 5) is 0. The third kappa shape index (κ3) is 11.8. The molecule has 0 aliphatic rings. The van der Waals surface area contributed by atoms with Gasteiger partial charge in [-0.05, 0) is 17.7 Å². The molecule has 0 saturated heterocycles. The van der Waals surface area contributed by atoms with Crippen molar-refractivity contribution >= 4 is 22.8 Å². The Morgan fingerprint density at radius 2 is 1.58 bits per heavy atom. The first kappa shape index (κ1) is 18.0. The second-order valence-corrected chi connectivity index (χ2v) is 4.68. The third-order valence-electron chi connectivity index (χ3n) is 1.64. The van der Waals surface area contributed by atoms with E-state index in [1.165, 1.54) is 12.1 Å². The molecule has 0 aliphatic heterocycles. The van der Waals surface area contributed by atoms with Crippen LogP contribution in [-0.2, 0) is 0 Å². The zero-order valence-corrected chi connectivity index (χ0v) is 11.7. The van der Waals surface area contributed by atoms with Gasteiger partial charge in [-0.2, -0.15) is 0 Å². The fourth-order valence-electron chi connectivity index (χ4n) is 0.920. The van der Waals surface area contributed by atoms with Crippen LogP contribution in [0.5, 0.6) is 0 Å². The molecule has 0 fully saturated rings. The highest BCUT2D eigenvalue weighted by Crippen LogP contribution is 2.17. The SMILES string of the molecule is C[N+](C)=CC=C(Cl)c1ccc(F)cc1.[O-][Cl+3]([O-])([O-])[O-]. The molecule has 0 heterocycles. The Balaban J connectivity index is 0.000000555. The fourth-order valence-corrected chi connectivity index (χ4v) is 1.10. The van der Waals surface area contributed by atoms with E-state index in [1.54, 1.807) is 18.2 Å². The Hall–Kier alpha value is -1.02. The molecule has 19 heavy (non-hydrogen) atoms. The van der Waals surface area contributed by atoms with Crippen molar-refractivity contribution in [3.8, 4) is 0 Å². The van der Waals surface area contributed by atoms with Crippen molar-refractivity contribution < 1.29 is 37.8 Å². The van der Waals surface area contributed by atoms with E-state index in [1.807, 2.05) is 24.9 Å². The standard InChI is InChI=1S/C11H12ClFN.ClHO4/c1-14(2)8-7-11(12)9-3-5-10(13)6-4-9;2-1(3,4)5/h3-8H,1-2H3;(H,2,3,4,5)/q+1;/p-1. The minimum atomic E-state index is -4.94.